The van der Waals surface area contributed by atoms with E-state index in [-0.39, 0.29) is 17.9 Å². The van der Waals surface area contributed by atoms with Crippen LogP contribution in [0, 0.1) is 0 Å². The Morgan fingerprint density at radius 1 is 1.23 bits per heavy atom. The number of hydrogen-bond donors (Lipinski definition) is 0. The molecule has 0 saturated heterocycles. The highest BCUT2D eigenvalue weighted by molar-refractivity contribution is 7.15. The number of halogens is 1. The van der Waals surface area contributed by atoms with Crippen molar-refractivity contribution in [2.45, 2.75) is 6.61 Å². The zero-order valence-electron chi connectivity index (χ0n) is 13.1. The number of aromatic nitrogens is 3. The van der Waals surface area contributed by atoms with Crippen molar-refractivity contribution >= 4 is 45.2 Å². The molecule has 0 aliphatic carbocycles. The van der Waals surface area contributed by atoms with Gasteiger partial charge in [-0.2, -0.15) is 0 Å². The minimum absolute atomic E-state index is 0.0908. The quantitative estimate of drug-likeness (QED) is 0.483. The van der Waals surface area contributed by atoms with Crippen molar-refractivity contribution in [3.8, 4) is 10.6 Å². The SMILES string of the molecule is O=C(OCc1cc(=O)n2ccsc2n1)c1csc(-c2cccc(Cl)c2)n1. The van der Waals surface area contributed by atoms with Crippen LogP contribution in [-0.2, 0) is 11.3 Å². The Morgan fingerprint density at radius 3 is 2.96 bits per heavy atom. The van der Waals surface area contributed by atoms with Crippen LogP contribution in [0.25, 0.3) is 15.5 Å². The van der Waals surface area contributed by atoms with E-state index in [4.69, 9.17) is 16.3 Å². The van der Waals surface area contributed by atoms with Gasteiger partial charge in [0.15, 0.2) is 10.7 Å². The van der Waals surface area contributed by atoms with Crippen LogP contribution in [0.1, 0.15) is 16.2 Å². The molecule has 6 nitrogen and oxygen atoms in total. The highest BCUT2D eigenvalue weighted by atomic mass is 35.5. The van der Waals surface area contributed by atoms with Gasteiger partial charge in [0.05, 0.1) is 5.69 Å². The van der Waals surface area contributed by atoms with Gasteiger partial charge in [-0.05, 0) is 12.1 Å². The van der Waals surface area contributed by atoms with Gasteiger partial charge in [-0.1, -0.05) is 23.7 Å². The summed E-state index contributed by atoms with van der Waals surface area (Å²) in [7, 11) is 0. The maximum atomic E-state index is 12.2. The molecule has 9 heteroatoms. The molecule has 4 rings (SSSR count). The first-order chi connectivity index (χ1) is 12.6. The maximum Gasteiger partial charge on any atom is 0.358 e. The lowest BCUT2D eigenvalue weighted by atomic mass is 10.2. The number of hydrogen-bond acceptors (Lipinski definition) is 7. The fraction of sp³-hybridized carbons (Fsp3) is 0.0588. The molecule has 0 atom stereocenters. The Labute approximate surface area is 160 Å². The molecule has 0 aliphatic rings. The second-order valence-corrected chi connectivity index (χ2v) is 7.43. The second-order valence-electron chi connectivity index (χ2n) is 5.27. The largest absolute Gasteiger partial charge is 0.454 e. The highest BCUT2D eigenvalue weighted by Gasteiger charge is 2.14. The molecule has 4 aromatic rings. The van der Waals surface area contributed by atoms with E-state index in [0.29, 0.717) is 20.7 Å². The predicted molar refractivity (Wildman–Crippen MR) is 101 cm³/mol. The summed E-state index contributed by atoms with van der Waals surface area (Å²) in [5.41, 5.74) is 1.23. The zero-order chi connectivity index (χ0) is 18.1. The summed E-state index contributed by atoms with van der Waals surface area (Å²) in [4.78, 5) is 33.3. The first-order valence-corrected chi connectivity index (χ1v) is 9.58. The number of rotatable bonds is 4. The third-order valence-corrected chi connectivity index (χ3v) is 5.38. The summed E-state index contributed by atoms with van der Waals surface area (Å²) in [5.74, 6) is -0.567. The number of ether oxygens (including phenoxy) is 1. The number of carbonyl (C=O) groups excluding carboxylic acids is 1. The molecule has 0 aliphatic heterocycles. The molecule has 3 heterocycles. The molecular weight excluding hydrogens is 394 g/mol. The van der Waals surface area contributed by atoms with Gasteiger partial charge in [-0.3, -0.25) is 9.20 Å². The lowest BCUT2D eigenvalue weighted by Crippen LogP contribution is -2.14. The number of thiazole rings is 2. The summed E-state index contributed by atoms with van der Waals surface area (Å²) < 4.78 is 6.68. The maximum absolute atomic E-state index is 12.2. The molecule has 0 spiro atoms. The molecule has 0 amide bonds. The predicted octanol–water partition coefficient (Wildman–Crippen LogP) is 3.89. The van der Waals surface area contributed by atoms with Crippen LogP contribution in [0.2, 0.25) is 5.02 Å². The smallest absolute Gasteiger partial charge is 0.358 e. The molecule has 0 N–H and O–H groups in total. The third-order valence-electron chi connectivity index (χ3n) is 3.49. The number of esters is 1. The summed E-state index contributed by atoms with van der Waals surface area (Å²) in [6.45, 7) is -0.0908. The van der Waals surface area contributed by atoms with Gasteiger partial charge in [-0.15, -0.1) is 22.7 Å². The standard InChI is InChI=1S/C17H10ClN3O3S2/c18-11-3-1-2-10(6-11)15-20-13(9-26-15)16(23)24-8-12-7-14(22)21-4-5-25-17(21)19-12/h1-7,9H,8H2. The summed E-state index contributed by atoms with van der Waals surface area (Å²) in [6.07, 6.45) is 1.65. The average molecular weight is 404 g/mol. The summed E-state index contributed by atoms with van der Waals surface area (Å²) >= 11 is 8.65. The van der Waals surface area contributed by atoms with Crippen molar-refractivity contribution in [3.05, 3.63) is 74.1 Å². The normalized spacial score (nSPS) is 11.0. The number of fused-ring (bicyclic) bond motifs is 1. The van der Waals surface area contributed by atoms with E-state index >= 15 is 0 Å². The Morgan fingerprint density at radius 2 is 2.12 bits per heavy atom. The van der Waals surface area contributed by atoms with Crippen molar-refractivity contribution in [1.29, 1.82) is 0 Å². The Hall–Kier alpha value is -2.55. The van der Waals surface area contributed by atoms with E-state index in [2.05, 4.69) is 9.97 Å². The molecule has 130 valence electrons. The van der Waals surface area contributed by atoms with Gasteiger partial charge >= 0.3 is 5.97 Å². The molecule has 0 radical (unpaired) electrons. The monoisotopic (exact) mass is 403 g/mol. The van der Waals surface area contributed by atoms with Gasteiger partial charge in [0.2, 0.25) is 0 Å². The van der Waals surface area contributed by atoms with Crippen molar-refractivity contribution in [3.63, 3.8) is 0 Å². The van der Waals surface area contributed by atoms with Crippen molar-refractivity contribution in [1.82, 2.24) is 14.4 Å². The number of nitrogens with zero attached hydrogens (tertiary/aromatic N) is 3. The summed E-state index contributed by atoms with van der Waals surface area (Å²) in [5, 5.41) is 4.68. The van der Waals surface area contributed by atoms with Crippen molar-refractivity contribution in [2.75, 3.05) is 0 Å². The fourth-order valence-corrected chi connectivity index (χ4v) is 4.01. The molecule has 3 aromatic heterocycles. The lowest BCUT2D eigenvalue weighted by Gasteiger charge is -2.02. The first kappa shape index (κ1) is 16.9. The Balaban J connectivity index is 1.49. The van der Waals surface area contributed by atoms with Crippen LogP contribution in [-0.4, -0.2) is 20.3 Å². The van der Waals surface area contributed by atoms with Gasteiger partial charge in [0.25, 0.3) is 5.56 Å². The molecule has 0 saturated carbocycles. The van der Waals surface area contributed by atoms with E-state index in [9.17, 15) is 9.59 Å². The molecule has 0 fully saturated rings. The minimum atomic E-state index is -0.567. The van der Waals surface area contributed by atoms with Crippen LogP contribution in [0.3, 0.4) is 0 Å². The van der Waals surface area contributed by atoms with Crippen LogP contribution in [0.4, 0.5) is 0 Å². The van der Waals surface area contributed by atoms with Crippen LogP contribution < -0.4 is 5.56 Å². The second kappa shape index (κ2) is 6.99. The molecular formula is C17H10ClN3O3S2. The Bertz CT molecular complexity index is 1170. The van der Waals surface area contributed by atoms with Crippen molar-refractivity contribution < 1.29 is 9.53 Å². The highest BCUT2D eigenvalue weighted by Crippen LogP contribution is 2.26. The van der Waals surface area contributed by atoms with Gasteiger partial charge < -0.3 is 4.74 Å². The van der Waals surface area contributed by atoms with E-state index in [1.54, 1.807) is 29.1 Å². The van der Waals surface area contributed by atoms with Gasteiger partial charge in [-0.25, -0.2) is 14.8 Å². The third kappa shape index (κ3) is 3.39. The number of carbonyl (C=O) groups is 1. The van der Waals surface area contributed by atoms with Crippen molar-refractivity contribution in [2.24, 2.45) is 0 Å². The Kier molecular flexibility index (Phi) is 4.54. The fourth-order valence-electron chi connectivity index (χ4n) is 2.30. The number of benzene rings is 1. The molecule has 0 unspecified atom stereocenters. The topological polar surface area (TPSA) is 73.6 Å². The average Bonchev–Trinajstić information content (AvgIpc) is 3.29. The molecule has 26 heavy (non-hydrogen) atoms. The van der Waals surface area contributed by atoms with E-state index in [1.165, 1.54) is 33.1 Å². The van der Waals surface area contributed by atoms with Crippen LogP contribution in [0.5, 0.6) is 0 Å². The molecule has 0 bridgehead atoms. The first-order valence-electron chi connectivity index (χ1n) is 7.44. The van der Waals surface area contributed by atoms with E-state index < -0.39 is 5.97 Å². The minimum Gasteiger partial charge on any atom is -0.454 e. The van der Waals surface area contributed by atoms with E-state index in [1.807, 2.05) is 12.1 Å². The lowest BCUT2D eigenvalue weighted by molar-refractivity contribution is 0.0462. The van der Waals surface area contributed by atoms with E-state index in [0.717, 1.165) is 5.56 Å². The zero-order valence-corrected chi connectivity index (χ0v) is 15.5. The van der Waals surface area contributed by atoms with Crippen LogP contribution in [0.15, 0.2) is 52.1 Å². The molecule has 1 aromatic carbocycles. The van der Waals surface area contributed by atoms with Gasteiger partial charge in [0, 0.05) is 33.6 Å². The van der Waals surface area contributed by atoms with Crippen LogP contribution >= 0.6 is 34.3 Å². The van der Waals surface area contributed by atoms with Gasteiger partial charge in [0.1, 0.15) is 11.6 Å². The summed E-state index contributed by atoms with van der Waals surface area (Å²) in [6, 6.07) is 8.60.